The van der Waals surface area contributed by atoms with Crippen molar-refractivity contribution in [1.82, 2.24) is 5.32 Å². The third-order valence-electron chi connectivity index (χ3n) is 1.30. The number of nitrogens with one attached hydrogen (secondary N) is 1. The predicted molar refractivity (Wildman–Crippen MR) is 59.2 cm³/mol. The van der Waals surface area contributed by atoms with Gasteiger partial charge in [0.25, 0.3) is 0 Å². The van der Waals surface area contributed by atoms with Crippen LogP contribution in [0.15, 0.2) is 23.9 Å². The van der Waals surface area contributed by atoms with E-state index in [1.165, 1.54) is 0 Å². The summed E-state index contributed by atoms with van der Waals surface area (Å²) < 4.78 is 0. The van der Waals surface area contributed by atoms with Crippen molar-refractivity contribution in [1.29, 1.82) is 0 Å². The molecule has 1 N–H and O–H groups in total. The van der Waals surface area contributed by atoms with Crippen LogP contribution in [0.4, 0.5) is 0 Å². The molecule has 0 radical (unpaired) electrons. The van der Waals surface area contributed by atoms with Crippen LogP contribution in [0.5, 0.6) is 0 Å². The lowest BCUT2D eigenvalue weighted by molar-refractivity contribution is 0.866. The Labute approximate surface area is 81.9 Å². The van der Waals surface area contributed by atoms with Crippen molar-refractivity contribution in [3.63, 3.8) is 0 Å². The number of hydrogen-bond donors (Lipinski definition) is 1. The van der Waals surface area contributed by atoms with Crippen molar-refractivity contribution in [2.24, 2.45) is 5.92 Å². The Bertz CT molecular complexity index is 236. The quantitative estimate of drug-likeness (QED) is 0.561. The second-order valence-electron chi connectivity index (χ2n) is 2.83. The van der Waals surface area contributed by atoms with Gasteiger partial charge in [-0.15, -0.1) is 0 Å². The third kappa shape index (κ3) is 6.04. The molecule has 0 unspecified atom stereocenters. The first-order valence-corrected chi connectivity index (χ1v) is 4.90. The molecule has 1 rings (SSSR count). The van der Waals surface area contributed by atoms with Gasteiger partial charge >= 0.3 is 0 Å². The van der Waals surface area contributed by atoms with Gasteiger partial charge in [0.05, 0.1) is 0 Å². The van der Waals surface area contributed by atoms with Gasteiger partial charge in [0.2, 0.25) is 0 Å². The zero-order valence-electron chi connectivity index (χ0n) is 9.02. The molecular weight excluding hydrogens is 158 g/mol. The van der Waals surface area contributed by atoms with Crippen molar-refractivity contribution in [2.45, 2.75) is 27.7 Å². The molecular formula is C12H19N. The minimum atomic E-state index is 0.450. The summed E-state index contributed by atoms with van der Waals surface area (Å²) in [7, 11) is 0. The molecule has 0 amide bonds. The number of hydrogen-bond acceptors (Lipinski definition) is 1. The minimum Gasteiger partial charge on any atom is -0.386 e. The summed E-state index contributed by atoms with van der Waals surface area (Å²) in [6, 6.07) is 0. The highest BCUT2D eigenvalue weighted by molar-refractivity contribution is 5.39. The minimum absolute atomic E-state index is 0.450. The third-order valence-corrected chi connectivity index (χ3v) is 1.30. The van der Waals surface area contributed by atoms with Crippen molar-refractivity contribution in [3.8, 4) is 11.8 Å². The highest BCUT2D eigenvalue weighted by atomic mass is 14.8. The van der Waals surface area contributed by atoms with Gasteiger partial charge in [-0.3, -0.25) is 0 Å². The molecule has 1 aliphatic heterocycles. The molecule has 0 atom stereocenters. The summed E-state index contributed by atoms with van der Waals surface area (Å²) in [5.74, 6) is 6.64. The fourth-order valence-electron chi connectivity index (χ4n) is 0.776. The maximum absolute atomic E-state index is 3.11. The van der Waals surface area contributed by atoms with E-state index in [0.29, 0.717) is 5.92 Å². The first-order valence-electron chi connectivity index (χ1n) is 4.90. The molecule has 0 aromatic carbocycles. The molecule has 0 bridgehead atoms. The van der Waals surface area contributed by atoms with E-state index in [1.54, 1.807) is 0 Å². The number of allylic oxidation sites excluding steroid dienone is 2. The van der Waals surface area contributed by atoms with E-state index in [2.05, 4.69) is 37.1 Å². The Hall–Kier alpha value is -1.16. The Morgan fingerprint density at radius 1 is 1.38 bits per heavy atom. The highest BCUT2D eigenvalue weighted by Gasteiger charge is 1.90. The van der Waals surface area contributed by atoms with E-state index in [-0.39, 0.29) is 0 Å². The predicted octanol–water partition coefficient (Wildman–Crippen LogP) is 2.72. The standard InChI is InChI=1S/C10H13N.C2H6/c1-9(2)5-6-10-4-3-7-11-8-10;1-2/h3-4,8-9,11H,7H2,1-2H3;1-2H3. The summed E-state index contributed by atoms with van der Waals surface area (Å²) in [6.45, 7) is 9.11. The molecule has 0 aromatic heterocycles. The van der Waals surface area contributed by atoms with Crippen LogP contribution in [-0.4, -0.2) is 6.54 Å². The topological polar surface area (TPSA) is 12.0 Å². The molecule has 0 spiro atoms. The van der Waals surface area contributed by atoms with Gasteiger partial charge < -0.3 is 5.32 Å². The summed E-state index contributed by atoms with van der Waals surface area (Å²) in [4.78, 5) is 0. The fourth-order valence-corrected chi connectivity index (χ4v) is 0.776. The van der Waals surface area contributed by atoms with Crippen LogP contribution in [0.1, 0.15) is 27.7 Å². The van der Waals surface area contributed by atoms with Crippen molar-refractivity contribution in [2.75, 3.05) is 6.54 Å². The van der Waals surface area contributed by atoms with Crippen LogP contribution >= 0.6 is 0 Å². The van der Waals surface area contributed by atoms with Gasteiger partial charge in [-0.1, -0.05) is 45.6 Å². The van der Waals surface area contributed by atoms with Gasteiger partial charge in [-0.2, -0.15) is 0 Å². The molecule has 1 heterocycles. The first kappa shape index (κ1) is 11.8. The second-order valence-corrected chi connectivity index (χ2v) is 2.83. The fraction of sp³-hybridized carbons (Fsp3) is 0.500. The maximum Gasteiger partial charge on any atom is 0.0399 e. The van der Waals surface area contributed by atoms with Gasteiger partial charge in [-0.25, -0.2) is 0 Å². The SMILES string of the molecule is CC.CC(C)C#CC1=CNCC=C1. The lowest BCUT2D eigenvalue weighted by atomic mass is 10.2. The van der Waals surface area contributed by atoms with E-state index >= 15 is 0 Å². The molecule has 72 valence electrons. The summed E-state index contributed by atoms with van der Waals surface area (Å²) in [5, 5.41) is 3.11. The van der Waals surface area contributed by atoms with Crippen LogP contribution in [0.25, 0.3) is 0 Å². The largest absolute Gasteiger partial charge is 0.386 e. The highest BCUT2D eigenvalue weighted by Crippen LogP contribution is 1.98. The van der Waals surface area contributed by atoms with Crippen molar-refractivity contribution in [3.05, 3.63) is 23.9 Å². The molecule has 0 aliphatic carbocycles. The van der Waals surface area contributed by atoms with Crippen LogP contribution in [-0.2, 0) is 0 Å². The lowest BCUT2D eigenvalue weighted by Crippen LogP contribution is -2.08. The number of rotatable bonds is 0. The molecule has 0 saturated heterocycles. The van der Waals surface area contributed by atoms with Crippen LogP contribution in [0, 0.1) is 17.8 Å². The summed E-state index contributed by atoms with van der Waals surface area (Å²) in [5.41, 5.74) is 1.07. The van der Waals surface area contributed by atoms with E-state index in [4.69, 9.17) is 0 Å². The lowest BCUT2D eigenvalue weighted by Gasteiger charge is -2.01. The van der Waals surface area contributed by atoms with Crippen molar-refractivity contribution >= 4 is 0 Å². The van der Waals surface area contributed by atoms with E-state index < -0.39 is 0 Å². The van der Waals surface area contributed by atoms with Crippen LogP contribution < -0.4 is 5.32 Å². The van der Waals surface area contributed by atoms with Gasteiger partial charge in [0.1, 0.15) is 0 Å². The Balaban J connectivity index is 0.000000671. The Morgan fingerprint density at radius 2 is 2.08 bits per heavy atom. The van der Waals surface area contributed by atoms with E-state index in [0.717, 1.165) is 12.1 Å². The van der Waals surface area contributed by atoms with Gasteiger partial charge in [0.15, 0.2) is 0 Å². The zero-order chi connectivity index (χ0) is 10.1. The average Bonchev–Trinajstić information content (AvgIpc) is 2.19. The summed E-state index contributed by atoms with van der Waals surface area (Å²) >= 11 is 0. The molecule has 0 saturated carbocycles. The number of dihydropyridines is 1. The smallest absolute Gasteiger partial charge is 0.0399 e. The summed E-state index contributed by atoms with van der Waals surface area (Å²) in [6.07, 6.45) is 6.07. The average molecular weight is 177 g/mol. The Kier molecular flexibility index (Phi) is 6.82. The first-order chi connectivity index (χ1) is 6.29. The van der Waals surface area contributed by atoms with Gasteiger partial charge in [-0.05, 0) is 6.08 Å². The monoisotopic (exact) mass is 177 g/mol. The van der Waals surface area contributed by atoms with E-state index in [1.807, 2.05) is 26.1 Å². The molecule has 1 aliphatic rings. The van der Waals surface area contributed by atoms with E-state index in [9.17, 15) is 0 Å². The molecule has 0 fully saturated rings. The van der Waals surface area contributed by atoms with Crippen LogP contribution in [0.3, 0.4) is 0 Å². The molecule has 13 heavy (non-hydrogen) atoms. The second kappa shape index (κ2) is 7.49. The Morgan fingerprint density at radius 3 is 2.54 bits per heavy atom. The maximum atomic E-state index is 3.11. The normalized spacial score (nSPS) is 13.2. The van der Waals surface area contributed by atoms with Crippen molar-refractivity contribution < 1.29 is 0 Å². The molecule has 1 heteroatoms. The molecule has 1 nitrogen and oxygen atoms in total. The van der Waals surface area contributed by atoms with Crippen LogP contribution in [0.2, 0.25) is 0 Å². The van der Waals surface area contributed by atoms with Gasteiger partial charge in [0, 0.05) is 24.2 Å². The zero-order valence-corrected chi connectivity index (χ0v) is 9.02. The molecule has 0 aromatic rings.